The van der Waals surface area contributed by atoms with Gasteiger partial charge in [0.2, 0.25) is 5.91 Å². The first-order chi connectivity index (χ1) is 11.4. The van der Waals surface area contributed by atoms with Crippen molar-refractivity contribution in [3.05, 3.63) is 42.4 Å². The highest BCUT2D eigenvalue weighted by atomic mass is 16.1. The van der Waals surface area contributed by atoms with Crippen molar-refractivity contribution in [2.45, 2.75) is 45.4 Å². The maximum Gasteiger partial charge on any atom is 0.252 e. The summed E-state index contributed by atoms with van der Waals surface area (Å²) in [5.74, 6) is 1.38. The average molecular weight is 325 g/mol. The molecule has 0 saturated heterocycles. The van der Waals surface area contributed by atoms with Gasteiger partial charge in [-0.05, 0) is 24.8 Å². The molecule has 126 valence electrons. The number of hydrogen-bond acceptors (Lipinski definition) is 4. The van der Waals surface area contributed by atoms with Gasteiger partial charge in [0, 0.05) is 30.3 Å². The van der Waals surface area contributed by atoms with Gasteiger partial charge >= 0.3 is 0 Å². The Bertz CT molecular complexity index is 743. The molecule has 2 heterocycles. The van der Waals surface area contributed by atoms with Crippen LogP contribution >= 0.6 is 0 Å². The van der Waals surface area contributed by atoms with E-state index in [1.54, 1.807) is 23.1 Å². The van der Waals surface area contributed by atoms with Gasteiger partial charge in [0.15, 0.2) is 0 Å². The Balaban J connectivity index is 1.86. The summed E-state index contributed by atoms with van der Waals surface area (Å²) in [7, 11) is 0. The largest absolute Gasteiger partial charge is 0.310 e. The summed E-state index contributed by atoms with van der Waals surface area (Å²) in [6, 6.07) is 3.65. The van der Waals surface area contributed by atoms with Gasteiger partial charge in [-0.15, -0.1) is 0 Å². The molecule has 1 N–H and O–H groups in total. The third kappa shape index (κ3) is 3.69. The molecule has 0 aliphatic heterocycles. The molecule has 0 radical (unpaired) electrons. The van der Waals surface area contributed by atoms with Crippen LogP contribution in [0.3, 0.4) is 0 Å². The molecule has 2 aromatic rings. The van der Waals surface area contributed by atoms with Gasteiger partial charge in [0.05, 0.1) is 5.69 Å². The molecule has 24 heavy (non-hydrogen) atoms. The fourth-order valence-electron chi connectivity index (χ4n) is 2.69. The normalized spacial score (nSPS) is 17.2. The van der Waals surface area contributed by atoms with Crippen molar-refractivity contribution in [1.29, 1.82) is 0 Å². The van der Waals surface area contributed by atoms with Crippen molar-refractivity contribution in [3.63, 3.8) is 0 Å². The first kappa shape index (κ1) is 16.4. The summed E-state index contributed by atoms with van der Waals surface area (Å²) in [4.78, 5) is 20.9. The smallest absolute Gasteiger partial charge is 0.252 e. The van der Waals surface area contributed by atoms with Gasteiger partial charge in [-0.3, -0.25) is 4.79 Å². The summed E-state index contributed by atoms with van der Waals surface area (Å²) in [6.45, 7) is 6.25. The second-order valence-electron chi connectivity index (χ2n) is 7.14. The van der Waals surface area contributed by atoms with Crippen LogP contribution in [-0.2, 0) is 10.2 Å². The Morgan fingerprint density at radius 1 is 1.33 bits per heavy atom. The predicted octanol–water partition coefficient (Wildman–Crippen LogP) is 3.25. The van der Waals surface area contributed by atoms with Crippen molar-refractivity contribution in [1.82, 2.24) is 19.7 Å². The molecule has 0 aromatic carbocycles. The first-order valence-electron chi connectivity index (χ1n) is 8.28. The molecule has 6 nitrogen and oxygen atoms in total. The number of allylic oxidation sites excluding steroid dienone is 2. The Hall–Kier alpha value is -2.50. The standard InChI is InChI=1S/C18H23N5O/c1-18(2,3)14-12-15(21-16(24)11-13-7-4-5-8-13)23(22-14)17-19-9-6-10-20-17/h4,6-7,9-10,12-13H,5,8,11H2,1-3H3,(H,21,24). The van der Waals surface area contributed by atoms with E-state index in [1.807, 2.05) is 6.07 Å². The molecule has 1 atom stereocenters. The summed E-state index contributed by atoms with van der Waals surface area (Å²) in [5, 5.41) is 7.58. The van der Waals surface area contributed by atoms with E-state index in [0.717, 1.165) is 18.5 Å². The predicted molar refractivity (Wildman–Crippen MR) is 93.0 cm³/mol. The number of anilines is 1. The van der Waals surface area contributed by atoms with E-state index >= 15 is 0 Å². The lowest BCUT2D eigenvalue weighted by atomic mass is 9.92. The van der Waals surface area contributed by atoms with Crippen LogP contribution in [0, 0.1) is 5.92 Å². The van der Waals surface area contributed by atoms with Crippen LogP contribution in [-0.4, -0.2) is 25.7 Å². The van der Waals surface area contributed by atoms with Gasteiger partial charge < -0.3 is 5.32 Å². The molecule has 3 rings (SSSR count). The monoisotopic (exact) mass is 325 g/mol. The molecular formula is C18H23N5O. The fourth-order valence-corrected chi connectivity index (χ4v) is 2.69. The third-order valence-corrected chi connectivity index (χ3v) is 4.05. The van der Waals surface area contributed by atoms with Crippen molar-refractivity contribution in [3.8, 4) is 5.95 Å². The molecular weight excluding hydrogens is 302 g/mol. The number of carbonyl (C=O) groups excluding carboxylic acids is 1. The average Bonchev–Trinajstić information content (AvgIpc) is 3.17. The lowest BCUT2D eigenvalue weighted by Gasteiger charge is -2.13. The molecule has 1 aliphatic rings. The highest BCUT2D eigenvalue weighted by molar-refractivity contribution is 5.90. The maximum absolute atomic E-state index is 12.4. The maximum atomic E-state index is 12.4. The number of hydrogen-bond donors (Lipinski definition) is 1. The zero-order chi connectivity index (χ0) is 17.2. The van der Waals surface area contributed by atoms with Crippen LogP contribution < -0.4 is 5.32 Å². The summed E-state index contributed by atoms with van der Waals surface area (Å²) in [6.07, 6.45) is 10.2. The van der Waals surface area contributed by atoms with E-state index in [4.69, 9.17) is 0 Å². The van der Waals surface area contributed by atoms with Crippen molar-refractivity contribution in [2.24, 2.45) is 5.92 Å². The lowest BCUT2D eigenvalue weighted by Crippen LogP contribution is -2.18. The zero-order valence-corrected chi connectivity index (χ0v) is 14.4. The number of amides is 1. The highest BCUT2D eigenvalue weighted by Crippen LogP contribution is 2.26. The highest BCUT2D eigenvalue weighted by Gasteiger charge is 2.23. The van der Waals surface area contributed by atoms with E-state index < -0.39 is 0 Å². The fraction of sp³-hybridized carbons (Fsp3) is 0.444. The molecule has 0 fully saturated rings. The van der Waals surface area contributed by atoms with E-state index in [-0.39, 0.29) is 11.3 Å². The minimum Gasteiger partial charge on any atom is -0.310 e. The number of nitrogens with one attached hydrogen (secondary N) is 1. The SMILES string of the molecule is CC(C)(C)c1cc(NC(=O)CC2C=CCC2)n(-c2ncccn2)n1. The van der Waals surface area contributed by atoms with E-state index in [9.17, 15) is 4.79 Å². The molecule has 0 spiro atoms. The molecule has 1 amide bonds. The van der Waals surface area contributed by atoms with Gasteiger partial charge in [0.25, 0.3) is 5.95 Å². The second kappa shape index (κ2) is 6.55. The molecule has 2 aromatic heterocycles. The molecule has 1 unspecified atom stereocenters. The van der Waals surface area contributed by atoms with Crippen LogP contribution in [0.2, 0.25) is 0 Å². The van der Waals surface area contributed by atoms with Crippen LogP contribution in [0.25, 0.3) is 5.95 Å². The minimum absolute atomic E-state index is 0.0101. The van der Waals surface area contributed by atoms with E-state index in [1.165, 1.54) is 0 Å². The van der Waals surface area contributed by atoms with Crippen LogP contribution in [0.4, 0.5) is 5.82 Å². The number of aromatic nitrogens is 4. The van der Waals surface area contributed by atoms with Gasteiger partial charge in [-0.25, -0.2) is 9.97 Å². The van der Waals surface area contributed by atoms with Crippen LogP contribution in [0.15, 0.2) is 36.7 Å². The Morgan fingerprint density at radius 2 is 2.08 bits per heavy atom. The van der Waals surface area contributed by atoms with E-state index in [0.29, 0.717) is 24.1 Å². The molecule has 1 aliphatic carbocycles. The molecule has 6 heteroatoms. The summed E-state index contributed by atoms with van der Waals surface area (Å²) < 4.78 is 1.60. The van der Waals surface area contributed by atoms with Crippen molar-refractivity contribution >= 4 is 11.7 Å². The van der Waals surface area contributed by atoms with Crippen molar-refractivity contribution < 1.29 is 4.79 Å². The van der Waals surface area contributed by atoms with Crippen LogP contribution in [0.5, 0.6) is 0 Å². The van der Waals surface area contributed by atoms with Gasteiger partial charge in [0.1, 0.15) is 5.82 Å². The molecule has 0 saturated carbocycles. The zero-order valence-electron chi connectivity index (χ0n) is 14.4. The van der Waals surface area contributed by atoms with Gasteiger partial charge in [-0.2, -0.15) is 9.78 Å². The summed E-state index contributed by atoms with van der Waals surface area (Å²) >= 11 is 0. The number of carbonyl (C=O) groups is 1. The summed E-state index contributed by atoms with van der Waals surface area (Å²) in [5.41, 5.74) is 0.749. The Kier molecular flexibility index (Phi) is 4.46. The lowest BCUT2D eigenvalue weighted by molar-refractivity contribution is -0.116. The van der Waals surface area contributed by atoms with Crippen molar-refractivity contribution in [2.75, 3.05) is 5.32 Å². The van der Waals surface area contributed by atoms with Crippen LogP contribution in [0.1, 0.15) is 45.7 Å². The third-order valence-electron chi connectivity index (χ3n) is 4.05. The first-order valence-corrected chi connectivity index (χ1v) is 8.28. The Labute approximate surface area is 142 Å². The quantitative estimate of drug-likeness (QED) is 0.876. The topological polar surface area (TPSA) is 72.7 Å². The number of nitrogens with zero attached hydrogens (tertiary/aromatic N) is 4. The second-order valence-corrected chi connectivity index (χ2v) is 7.14. The number of rotatable bonds is 4. The Morgan fingerprint density at radius 3 is 2.71 bits per heavy atom. The molecule has 0 bridgehead atoms. The van der Waals surface area contributed by atoms with Gasteiger partial charge in [-0.1, -0.05) is 32.9 Å². The minimum atomic E-state index is -0.131. The van der Waals surface area contributed by atoms with E-state index in [2.05, 4.69) is 53.3 Å².